The summed E-state index contributed by atoms with van der Waals surface area (Å²) in [4.78, 5) is 2.91. The number of piperidine rings is 1. The van der Waals surface area contributed by atoms with Crippen LogP contribution in [0, 0.1) is 17.8 Å². The molecule has 0 spiro atoms. The zero-order chi connectivity index (χ0) is 11.8. The van der Waals surface area contributed by atoms with E-state index in [0.717, 1.165) is 29.8 Å². The molecule has 3 aliphatic rings. The minimum Gasteiger partial charge on any atom is -0.315 e. The Morgan fingerprint density at radius 1 is 0.941 bits per heavy atom. The molecule has 3 rings (SSSR count). The first-order chi connectivity index (χ1) is 8.27. The third kappa shape index (κ3) is 2.15. The van der Waals surface area contributed by atoms with Crippen molar-refractivity contribution in [3.05, 3.63) is 0 Å². The fourth-order valence-electron chi connectivity index (χ4n) is 4.79. The smallest absolute Gasteiger partial charge is 0.0264 e. The molecule has 1 saturated carbocycles. The Kier molecular flexibility index (Phi) is 3.45. The average Bonchev–Trinajstić information content (AvgIpc) is 2.77. The molecule has 0 radical (unpaired) electrons. The van der Waals surface area contributed by atoms with Gasteiger partial charge < -0.3 is 5.32 Å². The van der Waals surface area contributed by atoms with Crippen molar-refractivity contribution in [3.63, 3.8) is 0 Å². The van der Waals surface area contributed by atoms with E-state index in [1.165, 1.54) is 51.7 Å². The van der Waals surface area contributed by atoms with E-state index in [1.807, 2.05) is 0 Å². The molecule has 0 bridgehead atoms. The van der Waals surface area contributed by atoms with E-state index in [0.29, 0.717) is 0 Å². The molecule has 17 heavy (non-hydrogen) atoms. The fourth-order valence-corrected chi connectivity index (χ4v) is 4.79. The second-order valence-electron chi connectivity index (χ2n) is 6.74. The van der Waals surface area contributed by atoms with Gasteiger partial charge in [-0.2, -0.15) is 0 Å². The second kappa shape index (κ2) is 4.89. The number of fused-ring (bicyclic) bond motifs is 1. The molecular formula is C15H28N2. The standard InChI is InChI=1S/C15H28N2/c1-11-5-3-6-12(2)15(11)17-8-4-7-13-9-16-10-14(13)17/h11-16H,3-10H2,1-2H3. The summed E-state index contributed by atoms with van der Waals surface area (Å²) in [6.45, 7) is 8.87. The maximum absolute atomic E-state index is 3.62. The lowest BCUT2D eigenvalue weighted by Crippen LogP contribution is -2.55. The molecule has 1 aliphatic carbocycles. The first-order valence-corrected chi connectivity index (χ1v) is 7.74. The van der Waals surface area contributed by atoms with Crippen molar-refractivity contribution in [2.45, 2.75) is 58.0 Å². The van der Waals surface area contributed by atoms with Gasteiger partial charge in [-0.1, -0.05) is 20.3 Å². The number of nitrogens with zero attached hydrogens (tertiary/aromatic N) is 1. The Hall–Kier alpha value is -0.0800. The summed E-state index contributed by atoms with van der Waals surface area (Å²) in [6.07, 6.45) is 7.26. The zero-order valence-corrected chi connectivity index (χ0v) is 11.5. The van der Waals surface area contributed by atoms with Crippen molar-refractivity contribution >= 4 is 0 Å². The first-order valence-electron chi connectivity index (χ1n) is 7.74. The molecule has 2 nitrogen and oxygen atoms in total. The van der Waals surface area contributed by atoms with Crippen LogP contribution in [0.3, 0.4) is 0 Å². The van der Waals surface area contributed by atoms with Crippen molar-refractivity contribution in [3.8, 4) is 0 Å². The zero-order valence-electron chi connectivity index (χ0n) is 11.5. The van der Waals surface area contributed by atoms with Crippen molar-refractivity contribution < 1.29 is 0 Å². The fraction of sp³-hybridized carbons (Fsp3) is 1.00. The Balaban J connectivity index is 1.76. The number of hydrogen-bond acceptors (Lipinski definition) is 2. The molecule has 2 saturated heterocycles. The van der Waals surface area contributed by atoms with Gasteiger partial charge in [0, 0.05) is 18.6 Å². The minimum atomic E-state index is 0.858. The molecule has 2 heteroatoms. The molecule has 0 amide bonds. The molecule has 0 aromatic carbocycles. The van der Waals surface area contributed by atoms with Crippen LogP contribution in [0.4, 0.5) is 0 Å². The Bertz CT molecular complexity index is 256. The third-order valence-electron chi connectivity index (χ3n) is 5.59. The van der Waals surface area contributed by atoms with E-state index in [4.69, 9.17) is 0 Å². The van der Waals surface area contributed by atoms with Crippen molar-refractivity contribution in [1.29, 1.82) is 0 Å². The second-order valence-corrected chi connectivity index (χ2v) is 6.74. The average molecular weight is 236 g/mol. The van der Waals surface area contributed by atoms with Crippen LogP contribution in [-0.4, -0.2) is 36.6 Å². The van der Waals surface area contributed by atoms with Crippen LogP contribution >= 0.6 is 0 Å². The van der Waals surface area contributed by atoms with Gasteiger partial charge in [0.05, 0.1) is 0 Å². The van der Waals surface area contributed by atoms with Crippen LogP contribution in [0.25, 0.3) is 0 Å². The molecule has 4 atom stereocenters. The molecule has 3 fully saturated rings. The van der Waals surface area contributed by atoms with Crippen LogP contribution in [0.5, 0.6) is 0 Å². The van der Waals surface area contributed by atoms with Gasteiger partial charge >= 0.3 is 0 Å². The van der Waals surface area contributed by atoms with Gasteiger partial charge in [-0.05, 0) is 56.5 Å². The summed E-state index contributed by atoms with van der Waals surface area (Å²) < 4.78 is 0. The highest BCUT2D eigenvalue weighted by molar-refractivity contribution is 4.97. The highest BCUT2D eigenvalue weighted by atomic mass is 15.2. The van der Waals surface area contributed by atoms with Crippen LogP contribution in [0.15, 0.2) is 0 Å². The molecule has 4 unspecified atom stereocenters. The maximum atomic E-state index is 3.62. The Labute approximate surface area is 106 Å². The number of nitrogens with one attached hydrogen (secondary N) is 1. The quantitative estimate of drug-likeness (QED) is 0.752. The predicted molar refractivity (Wildman–Crippen MR) is 72.1 cm³/mol. The summed E-state index contributed by atoms with van der Waals surface area (Å²) in [5, 5.41) is 3.62. The lowest BCUT2D eigenvalue weighted by molar-refractivity contribution is 0.00485. The molecule has 0 aromatic heterocycles. The predicted octanol–water partition coefficient (Wildman–Crippen LogP) is 2.49. The van der Waals surface area contributed by atoms with E-state index in [-0.39, 0.29) is 0 Å². The van der Waals surface area contributed by atoms with Gasteiger partial charge in [-0.3, -0.25) is 4.90 Å². The first kappa shape index (κ1) is 12.0. The van der Waals surface area contributed by atoms with Crippen molar-refractivity contribution in [2.75, 3.05) is 19.6 Å². The molecule has 98 valence electrons. The number of rotatable bonds is 1. The molecule has 2 aliphatic heterocycles. The van der Waals surface area contributed by atoms with E-state index >= 15 is 0 Å². The normalized spacial score (nSPS) is 48.0. The minimum absolute atomic E-state index is 0.858. The van der Waals surface area contributed by atoms with Crippen LogP contribution < -0.4 is 5.32 Å². The van der Waals surface area contributed by atoms with E-state index in [2.05, 4.69) is 24.1 Å². The van der Waals surface area contributed by atoms with Gasteiger partial charge in [0.1, 0.15) is 0 Å². The van der Waals surface area contributed by atoms with E-state index < -0.39 is 0 Å². The monoisotopic (exact) mass is 236 g/mol. The summed E-state index contributed by atoms with van der Waals surface area (Å²) in [5.74, 6) is 2.78. The van der Waals surface area contributed by atoms with Crippen LogP contribution in [-0.2, 0) is 0 Å². The Morgan fingerprint density at radius 2 is 1.71 bits per heavy atom. The van der Waals surface area contributed by atoms with Crippen LogP contribution in [0.2, 0.25) is 0 Å². The molecule has 2 heterocycles. The molecular weight excluding hydrogens is 208 g/mol. The Morgan fingerprint density at radius 3 is 2.47 bits per heavy atom. The summed E-state index contributed by atoms with van der Waals surface area (Å²) in [7, 11) is 0. The topological polar surface area (TPSA) is 15.3 Å². The van der Waals surface area contributed by atoms with Gasteiger partial charge in [0.15, 0.2) is 0 Å². The van der Waals surface area contributed by atoms with E-state index in [9.17, 15) is 0 Å². The maximum Gasteiger partial charge on any atom is 0.0264 e. The summed E-state index contributed by atoms with van der Waals surface area (Å²) in [5.41, 5.74) is 0. The summed E-state index contributed by atoms with van der Waals surface area (Å²) >= 11 is 0. The highest BCUT2D eigenvalue weighted by Gasteiger charge is 2.42. The van der Waals surface area contributed by atoms with Gasteiger partial charge in [-0.25, -0.2) is 0 Å². The van der Waals surface area contributed by atoms with Gasteiger partial charge in [0.2, 0.25) is 0 Å². The van der Waals surface area contributed by atoms with E-state index in [1.54, 1.807) is 0 Å². The largest absolute Gasteiger partial charge is 0.315 e. The molecule has 0 aromatic rings. The third-order valence-corrected chi connectivity index (χ3v) is 5.59. The van der Waals surface area contributed by atoms with Crippen molar-refractivity contribution in [2.24, 2.45) is 17.8 Å². The molecule has 1 N–H and O–H groups in total. The number of hydrogen-bond donors (Lipinski definition) is 1. The van der Waals surface area contributed by atoms with Crippen molar-refractivity contribution in [1.82, 2.24) is 10.2 Å². The number of likely N-dealkylation sites (tertiary alicyclic amines) is 1. The summed E-state index contributed by atoms with van der Waals surface area (Å²) in [6, 6.07) is 1.73. The van der Waals surface area contributed by atoms with Gasteiger partial charge in [-0.15, -0.1) is 0 Å². The lowest BCUT2D eigenvalue weighted by Gasteiger charge is -2.49. The SMILES string of the molecule is CC1CCCC(C)C1N1CCCC2CNCC21. The lowest BCUT2D eigenvalue weighted by atomic mass is 9.75. The van der Waals surface area contributed by atoms with Crippen LogP contribution in [0.1, 0.15) is 46.0 Å². The van der Waals surface area contributed by atoms with Gasteiger partial charge in [0.25, 0.3) is 0 Å². The highest BCUT2D eigenvalue weighted by Crippen LogP contribution is 2.38.